The maximum atomic E-state index is 13.9. The Morgan fingerprint density at radius 3 is 2.32 bits per heavy atom. The zero-order valence-corrected chi connectivity index (χ0v) is 18.9. The maximum Gasteiger partial charge on any atom is 0.236 e. The van der Waals surface area contributed by atoms with Crippen molar-refractivity contribution in [2.24, 2.45) is 0 Å². The number of hydrogen-bond donors (Lipinski definition) is 0. The average Bonchev–Trinajstić information content (AvgIpc) is 2.76. The van der Waals surface area contributed by atoms with Gasteiger partial charge in [0, 0.05) is 44.8 Å². The Hall–Kier alpha value is -2.64. The molecule has 0 atom stereocenters. The Balaban J connectivity index is 1.50. The first kappa shape index (κ1) is 23.0. The van der Waals surface area contributed by atoms with Crippen LogP contribution in [0, 0.1) is 12.7 Å². The number of aryl methyl sites for hydroxylation is 1. The third kappa shape index (κ3) is 5.95. The van der Waals surface area contributed by atoms with Crippen LogP contribution in [0.25, 0.3) is 0 Å². The Morgan fingerprint density at radius 2 is 1.68 bits per heavy atom. The van der Waals surface area contributed by atoms with Gasteiger partial charge in [-0.05, 0) is 43.3 Å². The summed E-state index contributed by atoms with van der Waals surface area (Å²) >= 11 is 0. The highest BCUT2D eigenvalue weighted by Crippen LogP contribution is 2.30. The van der Waals surface area contributed by atoms with Gasteiger partial charge in [0.05, 0.1) is 20.8 Å². The minimum Gasteiger partial charge on any atom is -0.493 e. The fourth-order valence-corrected chi connectivity index (χ4v) is 3.89. The van der Waals surface area contributed by atoms with Crippen LogP contribution in [0.5, 0.6) is 11.5 Å². The minimum absolute atomic E-state index is 0.117. The molecular formula is C24H32FN3O3. The van der Waals surface area contributed by atoms with Gasteiger partial charge in [0.25, 0.3) is 0 Å². The van der Waals surface area contributed by atoms with Crippen LogP contribution in [0.3, 0.4) is 0 Å². The maximum absolute atomic E-state index is 13.9. The molecule has 31 heavy (non-hydrogen) atoms. The Kier molecular flexibility index (Phi) is 7.87. The van der Waals surface area contributed by atoms with E-state index in [9.17, 15) is 9.18 Å². The van der Waals surface area contributed by atoms with E-state index in [0.717, 1.165) is 24.2 Å². The number of piperazine rings is 1. The highest BCUT2D eigenvalue weighted by molar-refractivity contribution is 5.78. The second-order valence-corrected chi connectivity index (χ2v) is 8.05. The van der Waals surface area contributed by atoms with E-state index < -0.39 is 0 Å². The molecule has 0 spiro atoms. The second-order valence-electron chi connectivity index (χ2n) is 8.05. The Bertz CT molecular complexity index is 898. The van der Waals surface area contributed by atoms with Gasteiger partial charge < -0.3 is 14.4 Å². The molecular weight excluding hydrogens is 397 g/mol. The molecule has 0 bridgehead atoms. The largest absolute Gasteiger partial charge is 0.493 e. The predicted octanol–water partition coefficient (Wildman–Crippen LogP) is 2.93. The van der Waals surface area contributed by atoms with Gasteiger partial charge in [0.15, 0.2) is 11.5 Å². The van der Waals surface area contributed by atoms with Crippen molar-refractivity contribution in [1.29, 1.82) is 0 Å². The van der Waals surface area contributed by atoms with E-state index in [0.29, 0.717) is 49.8 Å². The van der Waals surface area contributed by atoms with Crippen molar-refractivity contribution in [3.8, 4) is 11.5 Å². The number of likely N-dealkylation sites (N-methyl/N-ethyl adjacent to an activating group) is 1. The van der Waals surface area contributed by atoms with E-state index in [2.05, 4.69) is 4.90 Å². The number of benzene rings is 2. The fraction of sp³-hybridized carbons (Fsp3) is 0.458. The summed E-state index contributed by atoms with van der Waals surface area (Å²) in [6.07, 6.45) is 0. The molecule has 1 amide bonds. The SMILES string of the molecule is COc1cc(C)c(CN(C)CC(=O)N2CCN(Cc3ccccc3F)CC2)cc1OC. The van der Waals surface area contributed by atoms with Gasteiger partial charge in [-0.1, -0.05) is 18.2 Å². The number of halogens is 1. The Labute approximate surface area is 184 Å². The van der Waals surface area contributed by atoms with Crippen LogP contribution in [0.1, 0.15) is 16.7 Å². The topological polar surface area (TPSA) is 45.2 Å². The quantitative estimate of drug-likeness (QED) is 0.646. The first-order valence-corrected chi connectivity index (χ1v) is 10.5. The van der Waals surface area contributed by atoms with Gasteiger partial charge >= 0.3 is 0 Å². The number of methoxy groups -OCH3 is 2. The summed E-state index contributed by atoms with van der Waals surface area (Å²) in [6, 6.07) is 10.8. The van der Waals surface area contributed by atoms with Crippen LogP contribution in [0.4, 0.5) is 4.39 Å². The van der Waals surface area contributed by atoms with E-state index in [1.54, 1.807) is 20.3 Å². The van der Waals surface area contributed by atoms with Gasteiger partial charge in [0.2, 0.25) is 5.91 Å². The zero-order valence-electron chi connectivity index (χ0n) is 18.9. The lowest BCUT2D eigenvalue weighted by Gasteiger charge is -2.35. The lowest BCUT2D eigenvalue weighted by atomic mass is 10.1. The van der Waals surface area contributed by atoms with Gasteiger partial charge in [-0.2, -0.15) is 0 Å². The van der Waals surface area contributed by atoms with Crippen molar-refractivity contribution in [3.63, 3.8) is 0 Å². The molecule has 0 radical (unpaired) electrons. The molecule has 1 fully saturated rings. The minimum atomic E-state index is -0.173. The highest BCUT2D eigenvalue weighted by Gasteiger charge is 2.23. The number of carbonyl (C=O) groups excluding carboxylic acids is 1. The van der Waals surface area contributed by atoms with E-state index in [1.807, 2.05) is 48.0 Å². The van der Waals surface area contributed by atoms with Crippen molar-refractivity contribution in [3.05, 3.63) is 58.9 Å². The third-order valence-electron chi connectivity index (χ3n) is 5.76. The standard InChI is InChI=1S/C24H32FN3O3/c1-18-13-22(30-3)23(31-4)14-20(18)15-26(2)17-24(29)28-11-9-27(10-12-28)16-19-7-5-6-8-21(19)25/h5-8,13-14H,9-12,15-17H2,1-4H3. The summed E-state index contributed by atoms with van der Waals surface area (Å²) in [5.41, 5.74) is 2.90. The molecule has 0 aromatic heterocycles. The smallest absolute Gasteiger partial charge is 0.236 e. The van der Waals surface area contributed by atoms with Crippen LogP contribution in [0.2, 0.25) is 0 Å². The number of ether oxygens (including phenoxy) is 2. The second kappa shape index (κ2) is 10.6. The van der Waals surface area contributed by atoms with Crippen LogP contribution >= 0.6 is 0 Å². The van der Waals surface area contributed by atoms with Crippen molar-refractivity contribution < 1.29 is 18.7 Å². The molecule has 1 heterocycles. The number of amides is 1. The molecule has 6 nitrogen and oxygen atoms in total. The summed E-state index contributed by atoms with van der Waals surface area (Å²) in [7, 11) is 5.19. The molecule has 0 unspecified atom stereocenters. The molecule has 1 aliphatic rings. The monoisotopic (exact) mass is 429 g/mol. The predicted molar refractivity (Wildman–Crippen MR) is 119 cm³/mol. The van der Waals surface area contributed by atoms with Gasteiger partial charge in [-0.15, -0.1) is 0 Å². The summed E-state index contributed by atoms with van der Waals surface area (Å²) in [6.45, 7) is 6.42. The zero-order chi connectivity index (χ0) is 22.4. The van der Waals surface area contributed by atoms with E-state index in [1.165, 1.54) is 6.07 Å². The molecule has 2 aromatic rings. The highest BCUT2D eigenvalue weighted by atomic mass is 19.1. The van der Waals surface area contributed by atoms with Crippen LogP contribution in [-0.2, 0) is 17.9 Å². The number of hydrogen-bond acceptors (Lipinski definition) is 5. The molecule has 7 heteroatoms. The van der Waals surface area contributed by atoms with Crippen LogP contribution in [-0.4, -0.2) is 74.6 Å². The third-order valence-corrected chi connectivity index (χ3v) is 5.76. The van der Waals surface area contributed by atoms with Crippen molar-refractivity contribution in [1.82, 2.24) is 14.7 Å². The summed E-state index contributed by atoms with van der Waals surface area (Å²) in [4.78, 5) is 18.9. The lowest BCUT2D eigenvalue weighted by molar-refractivity contribution is -0.134. The van der Waals surface area contributed by atoms with Crippen molar-refractivity contribution in [2.75, 3.05) is 54.0 Å². The summed E-state index contributed by atoms with van der Waals surface area (Å²) in [5.74, 6) is 1.34. The molecule has 1 saturated heterocycles. The van der Waals surface area contributed by atoms with Gasteiger partial charge in [-0.3, -0.25) is 14.6 Å². The van der Waals surface area contributed by atoms with Crippen molar-refractivity contribution >= 4 is 5.91 Å². The molecule has 0 saturated carbocycles. The molecule has 3 rings (SSSR count). The normalized spacial score (nSPS) is 14.7. The number of carbonyl (C=O) groups is 1. The Morgan fingerprint density at radius 1 is 1.03 bits per heavy atom. The van der Waals surface area contributed by atoms with Crippen molar-refractivity contribution in [2.45, 2.75) is 20.0 Å². The van der Waals surface area contributed by atoms with Gasteiger partial charge in [0.1, 0.15) is 5.82 Å². The lowest BCUT2D eigenvalue weighted by Crippen LogP contribution is -2.50. The van der Waals surface area contributed by atoms with E-state index in [-0.39, 0.29) is 11.7 Å². The number of nitrogens with zero attached hydrogens (tertiary/aromatic N) is 3. The fourth-order valence-electron chi connectivity index (χ4n) is 3.89. The molecule has 0 N–H and O–H groups in total. The number of rotatable bonds is 8. The van der Waals surface area contributed by atoms with Crippen LogP contribution < -0.4 is 9.47 Å². The van der Waals surface area contributed by atoms with E-state index in [4.69, 9.17) is 9.47 Å². The molecule has 2 aromatic carbocycles. The summed E-state index contributed by atoms with van der Waals surface area (Å²) in [5, 5.41) is 0. The molecule has 168 valence electrons. The first-order chi connectivity index (χ1) is 14.9. The first-order valence-electron chi connectivity index (χ1n) is 10.5. The average molecular weight is 430 g/mol. The van der Waals surface area contributed by atoms with E-state index >= 15 is 0 Å². The van der Waals surface area contributed by atoms with Gasteiger partial charge in [-0.25, -0.2) is 4.39 Å². The molecule has 0 aliphatic carbocycles. The molecule has 1 aliphatic heterocycles. The van der Waals surface area contributed by atoms with Crippen LogP contribution in [0.15, 0.2) is 36.4 Å². The summed E-state index contributed by atoms with van der Waals surface area (Å²) < 4.78 is 24.6.